The number of hydrogen-bond donors (Lipinski definition) is 1. The Morgan fingerprint density at radius 3 is 2.72 bits per heavy atom. The molecule has 0 aromatic heterocycles. The molecule has 0 aliphatic rings. The van der Waals surface area contributed by atoms with Crippen LogP contribution in [0.2, 0.25) is 0 Å². The number of nitrogens with two attached hydrogens (primary N) is 1. The van der Waals surface area contributed by atoms with Crippen molar-refractivity contribution in [1.82, 2.24) is 0 Å². The third kappa shape index (κ3) is 5.15. The second kappa shape index (κ2) is 7.67. The molecule has 98 valence electrons. The molecule has 1 rings (SSSR count). The molecule has 0 bridgehead atoms. The van der Waals surface area contributed by atoms with Gasteiger partial charge in [-0.15, -0.1) is 0 Å². The Morgan fingerprint density at radius 2 is 2.11 bits per heavy atom. The third-order valence-corrected chi connectivity index (χ3v) is 2.74. The fourth-order valence-electron chi connectivity index (χ4n) is 1.83. The molecular formula is C15H21NO2. The van der Waals surface area contributed by atoms with Crippen molar-refractivity contribution in [2.45, 2.75) is 25.8 Å². The normalized spacial score (nSPS) is 13.7. The van der Waals surface area contributed by atoms with Crippen molar-refractivity contribution in [3.8, 4) is 0 Å². The molecule has 0 aliphatic carbocycles. The van der Waals surface area contributed by atoms with Crippen LogP contribution in [0.1, 0.15) is 18.9 Å². The monoisotopic (exact) mass is 247 g/mol. The van der Waals surface area contributed by atoms with Crippen LogP contribution >= 0.6 is 0 Å². The third-order valence-electron chi connectivity index (χ3n) is 2.74. The van der Waals surface area contributed by atoms with Crippen LogP contribution in [0.15, 0.2) is 43.0 Å². The lowest BCUT2D eigenvalue weighted by atomic mass is 9.97. The summed E-state index contributed by atoms with van der Waals surface area (Å²) < 4.78 is 4.99. The van der Waals surface area contributed by atoms with E-state index in [4.69, 9.17) is 10.5 Å². The number of esters is 1. The molecule has 2 unspecified atom stereocenters. The van der Waals surface area contributed by atoms with E-state index in [1.165, 1.54) is 5.56 Å². The summed E-state index contributed by atoms with van der Waals surface area (Å²) in [5.41, 5.74) is 7.24. The fourth-order valence-corrected chi connectivity index (χ4v) is 1.83. The zero-order chi connectivity index (χ0) is 13.4. The summed E-state index contributed by atoms with van der Waals surface area (Å²) >= 11 is 0. The lowest BCUT2D eigenvalue weighted by Crippen LogP contribution is -2.29. The first kappa shape index (κ1) is 14.5. The Bertz CT molecular complexity index is 375. The Kier molecular flexibility index (Phi) is 6.15. The number of carbonyl (C=O) groups is 1. The molecule has 0 aliphatic heterocycles. The van der Waals surface area contributed by atoms with E-state index in [2.05, 4.69) is 6.58 Å². The Balaban J connectivity index is 2.37. The van der Waals surface area contributed by atoms with Crippen molar-refractivity contribution in [2.75, 3.05) is 6.61 Å². The molecule has 1 aromatic carbocycles. The van der Waals surface area contributed by atoms with Crippen LogP contribution < -0.4 is 5.73 Å². The number of hydrogen-bond acceptors (Lipinski definition) is 3. The maximum absolute atomic E-state index is 11.6. The molecule has 0 spiro atoms. The highest BCUT2D eigenvalue weighted by Gasteiger charge is 2.17. The van der Waals surface area contributed by atoms with Gasteiger partial charge >= 0.3 is 5.97 Å². The van der Waals surface area contributed by atoms with Crippen LogP contribution in [0.4, 0.5) is 0 Å². The summed E-state index contributed by atoms with van der Waals surface area (Å²) in [7, 11) is 0. The van der Waals surface area contributed by atoms with Crippen LogP contribution in [-0.4, -0.2) is 18.6 Å². The van der Waals surface area contributed by atoms with E-state index in [9.17, 15) is 4.79 Å². The van der Waals surface area contributed by atoms with Crippen molar-refractivity contribution in [1.29, 1.82) is 0 Å². The summed E-state index contributed by atoms with van der Waals surface area (Å²) in [6.45, 7) is 5.61. The highest BCUT2D eigenvalue weighted by atomic mass is 16.5. The van der Waals surface area contributed by atoms with Gasteiger partial charge in [-0.25, -0.2) is 0 Å². The Morgan fingerprint density at radius 1 is 1.44 bits per heavy atom. The minimum absolute atomic E-state index is 0.0290. The first-order valence-corrected chi connectivity index (χ1v) is 6.20. The predicted molar refractivity (Wildman–Crippen MR) is 73.1 cm³/mol. The smallest absolute Gasteiger partial charge is 0.309 e. The van der Waals surface area contributed by atoms with Crippen molar-refractivity contribution in [3.63, 3.8) is 0 Å². The molecule has 3 nitrogen and oxygen atoms in total. The Hall–Kier alpha value is -1.61. The standard InChI is InChI=1S/C15H21NO2/c1-3-9-18-15(17)12(2)10-14(16)11-13-7-5-4-6-8-13/h3-8,12,14H,1,9-11,16H2,2H3. The molecule has 0 radical (unpaired) electrons. The van der Waals surface area contributed by atoms with E-state index in [1.54, 1.807) is 6.08 Å². The summed E-state index contributed by atoms with van der Waals surface area (Å²) in [5.74, 6) is -0.387. The molecule has 1 aromatic rings. The minimum atomic E-state index is -0.210. The van der Waals surface area contributed by atoms with Crippen LogP contribution in [0.3, 0.4) is 0 Å². The summed E-state index contributed by atoms with van der Waals surface area (Å²) in [6, 6.07) is 10.0. The van der Waals surface area contributed by atoms with E-state index in [0.717, 1.165) is 6.42 Å². The molecule has 0 saturated carbocycles. The van der Waals surface area contributed by atoms with Gasteiger partial charge < -0.3 is 10.5 Å². The Labute approximate surface area is 109 Å². The van der Waals surface area contributed by atoms with Crippen LogP contribution in [0.25, 0.3) is 0 Å². The molecule has 0 fully saturated rings. The molecule has 0 saturated heterocycles. The van der Waals surface area contributed by atoms with Gasteiger partial charge in [-0.2, -0.15) is 0 Å². The predicted octanol–water partition coefficient (Wildman–Crippen LogP) is 2.31. The van der Waals surface area contributed by atoms with Crippen LogP contribution in [-0.2, 0) is 16.0 Å². The van der Waals surface area contributed by atoms with E-state index in [-0.39, 0.29) is 24.5 Å². The number of ether oxygens (including phenoxy) is 1. The van der Waals surface area contributed by atoms with Crippen molar-refractivity contribution in [2.24, 2.45) is 11.7 Å². The van der Waals surface area contributed by atoms with Crippen molar-refractivity contribution < 1.29 is 9.53 Å². The summed E-state index contributed by atoms with van der Waals surface area (Å²) in [4.78, 5) is 11.6. The largest absolute Gasteiger partial charge is 0.461 e. The van der Waals surface area contributed by atoms with Gasteiger partial charge in [-0.3, -0.25) is 4.79 Å². The van der Waals surface area contributed by atoms with E-state index < -0.39 is 0 Å². The van der Waals surface area contributed by atoms with Gasteiger partial charge in [0, 0.05) is 6.04 Å². The first-order chi connectivity index (χ1) is 8.63. The topological polar surface area (TPSA) is 52.3 Å². The van der Waals surface area contributed by atoms with E-state index >= 15 is 0 Å². The molecular weight excluding hydrogens is 226 g/mol. The molecule has 0 heterocycles. The number of rotatable bonds is 7. The second-order valence-electron chi connectivity index (χ2n) is 4.51. The number of carbonyl (C=O) groups excluding carboxylic acids is 1. The lowest BCUT2D eigenvalue weighted by molar-refractivity contribution is -0.147. The quantitative estimate of drug-likeness (QED) is 0.594. The summed E-state index contributed by atoms with van der Waals surface area (Å²) in [5, 5.41) is 0. The van der Waals surface area contributed by atoms with Crippen LogP contribution in [0.5, 0.6) is 0 Å². The van der Waals surface area contributed by atoms with Gasteiger partial charge in [0.2, 0.25) is 0 Å². The molecule has 3 heteroatoms. The first-order valence-electron chi connectivity index (χ1n) is 6.20. The van der Waals surface area contributed by atoms with Gasteiger partial charge in [0.1, 0.15) is 6.61 Å². The van der Waals surface area contributed by atoms with Gasteiger partial charge in [0.05, 0.1) is 5.92 Å². The molecule has 2 atom stereocenters. The van der Waals surface area contributed by atoms with Gasteiger partial charge in [-0.05, 0) is 18.4 Å². The maximum Gasteiger partial charge on any atom is 0.309 e. The van der Waals surface area contributed by atoms with Crippen molar-refractivity contribution >= 4 is 5.97 Å². The number of benzene rings is 1. The SMILES string of the molecule is C=CCOC(=O)C(C)CC(N)Cc1ccccc1. The van der Waals surface area contributed by atoms with Gasteiger partial charge in [0.15, 0.2) is 0 Å². The minimum Gasteiger partial charge on any atom is -0.461 e. The van der Waals surface area contributed by atoms with Gasteiger partial charge in [-0.1, -0.05) is 49.9 Å². The average Bonchev–Trinajstić information content (AvgIpc) is 2.36. The molecule has 18 heavy (non-hydrogen) atoms. The highest BCUT2D eigenvalue weighted by Crippen LogP contribution is 2.11. The summed E-state index contributed by atoms with van der Waals surface area (Å²) in [6.07, 6.45) is 2.97. The van der Waals surface area contributed by atoms with E-state index in [1.807, 2.05) is 37.3 Å². The zero-order valence-corrected chi connectivity index (χ0v) is 10.8. The average molecular weight is 247 g/mol. The maximum atomic E-state index is 11.6. The van der Waals surface area contributed by atoms with Crippen molar-refractivity contribution in [3.05, 3.63) is 48.6 Å². The highest BCUT2D eigenvalue weighted by molar-refractivity contribution is 5.72. The molecule has 0 amide bonds. The molecule has 2 N–H and O–H groups in total. The van der Waals surface area contributed by atoms with Crippen LogP contribution in [0, 0.1) is 5.92 Å². The van der Waals surface area contributed by atoms with E-state index in [0.29, 0.717) is 6.42 Å². The zero-order valence-electron chi connectivity index (χ0n) is 10.8. The fraction of sp³-hybridized carbons (Fsp3) is 0.400. The second-order valence-corrected chi connectivity index (χ2v) is 4.51. The van der Waals surface area contributed by atoms with Gasteiger partial charge in [0.25, 0.3) is 0 Å². The lowest BCUT2D eigenvalue weighted by Gasteiger charge is -2.16.